The van der Waals surface area contributed by atoms with Crippen molar-refractivity contribution in [3.05, 3.63) is 24.3 Å². The smallest absolute Gasteiger partial charge is 0.235 e. The maximum atomic E-state index is 11.9. The third-order valence-electron chi connectivity index (χ3n) is 3.11. The van der Waals surface area contributed by atoms with Gasteiger partial charge >= 0.3 is 0 Å². The summed E-state index contributed by atoms with van der Waals surface area (Å²) in [4.78, 5) is 11.7. The second kappa shape index (κ2) is 5.83. The molecule has 1 aliphatic rings. The minimum atomic E-state index is -3.18. The number of rotatable bonds is 4. The first-order valence-electron chi connectivity index (χ1n) is 6.79. The summed E-state index contributed by atoms with van der Waals surface area (Å²) in [6.07, 6.45) is 1.10. The molecular formula is C14H20N2O3S. The molecule has 5 nitrogen and oxygen atoms in total. The Morgan fingerprint density at radius 1 is 1.40 bits per heavy atom. The highest BCUT2D eigenvalue weighted by Gasteiger charge is 2.28. The monoisotopic (exact) mass is 296 g/mol. The van der Waals surface area contributed by atoms with Gasteiger partial charge in [0.25, 0.3) is 0 Å². The lowest BCUT2D eigenvalue weighted by Crippen LogP contribution is -2.25. The van der Waals surface area contributed by atoms with Crippen LogP contribution < -0.4 is 9.62 Å². The highest BCUT2D eigenvalue weighted by Crippen LogP contribution is 2.26. The number of carbonyl (C=O) groups is 1. The Bertz CT molecular complexity index is 596. The first-order valence-corrected chi connectivity index (χ1v) is 8.40. The number of benzene rings is 1. The van der Waals surface area contributed by atoms with E-state index in [1.807, 2.05) is 13.8 Å². The maximum absolute atomic E-state index is 11.9. The van der Waals surface area contributed by atoms with E-state index < -0.39 is 10.0 Å². The van der Waals surface area contributed by atoms with E-state index in [4.69, 9.17) is 0 Å². The van der Waals surface area contributed by atoms with Gasteiger partial charge in [0.05, 0.1) is 11.4 Å². The Kier molecular flexibility index (Phi) is 4.32. The predicted molar refractivity (Wildman–Crippen MR) is 80.3 cm³/mol. The fraction of sp³-hybridized carbons (Fsp3) is 0.500. The van der Waals surface area contributed by atoms with E-state index in [1.54, 1.807) is 24.3 Å². The fourth-order valence-electron chi connectivity index (χ4n) is 2.25. The van der Waals surface area contributed by atoms with Gasteiger partial charge in [0.2, 0.25) is 15.9 Å². The molecule has 0 aliphatic carbocycles. The zero-order valence-electron chi connectivity index (χ0n) is 11.8. The molecule has 0 unspecified atom stereocenters. The summed E-state index contributed by atoms with van der Waals surface area (Å²) < 4.78 is 25.2. The van der Waals surface area contributed by atoms with Gasteiger partial charge in [0.15, 0.2) is 0 Å². The number of sulfonamides is 1. The van der Waals surface area contributed by atoms with Gasteiger partial charge in [-0.2, -0.15) is 0 Å². The largest absolute Gasteiger partial charge is 0.326 e. The van der Waals surface area contributed by atoms with Crippen LogP contribution in [0.3, 0.4) is 0 Å². The van der Waals surface area contributed by atoms with Crippen LogP contribution in [-0.4, -0.2) is 26.6 Å². The highest BCUT2D eigenvalue weighted by atomic mass is 32.2. The quantitative estimate of drug-likeness (QED) is 0.926. The summed E-state index contributed by atoms with van der Waals surface area (Å²) in [6, 6.07) is 6.99. The van der Waals surface area contributed by atoms with Crippen LogP contribution in [0.15, 0.2) is 24.3 Å². The number of hydrogen-bond acceptors (Lipinski definition) is 3. The van der Waals surface area contributed by atoms with Crippen LogP contribution >= 0.6 is 0 Å². The molecule has 110 valence electrons. The van der Waals surface area contributed by atoms with Crippen molar-refractivity contribution in [3.63, 3.8) is 0 Å². The first kappa shape index (κ1) is 14.8. The molecule has 6 heteroatoms. The summed E-state index contributed by atoms with van der Waals surface area (Å²) in [5.74, 6) is 0.426. The molecule has 0 aromatic heterocycles. The summed E-state index contributed by atoms with van der Waals surface area (Å²) in [5.41, 5.74) is 1.25. The first-order chi connectivity index (χ1) is 9.38. The summed E-state index contributed by atoms with van der Waals surface area (Å²) in [6.45, 7) is 4.46. The number of hydrogen-bond donors (Lipinski definition) is 1. The average molecular weight is 296 g/mol. The normalized spacial score (nSPS) is 17.4. The second-order valence-electron chi connectivity index (χ2n) is 5.44. The molecule has 1 aromatic rings. The summed E-state index contributed by atoms with van der Waals surface area (Å²) in [5, 5.41) is 2.80. The Morgan fingerprint density at radius 2 is 2.15 bits per heavy atom. The highest BCUT2D eigenvalue weighted by molar-refractivity contribution is 7.93. The molecule has 1 saturated heterocycles. The van der Waals surface area contributed by atoms with E-state index in [1.165, 1.54) is 4.31 Å². The lowest BCUT2D eigenvalue weighted by Gasteiger charge is -2.18. The van der Waals surface area contributed by atoms with E-state index >= 15 is 0 Å². The number of anilines is 2. The van der Waals surface area contributed by atoms with Crippen molar-refractivity contribution >= 4 is 27.3 Å². The van der Waals surface area contributed by atoms with Crippen molar-refractivity contribution in [1.29, 1.82) is 0 Å². The van der Waals surface area contributed by atoms with Crippen molar-refractivity contribution < 1.29 is 13.2 Å². The van der Waals surface area contributed by atoms with Crippen LogP contribution in [0, 0.1) is 5.92 Å². The number of carbonyl (C=O) groups excluding carboxylic acids is 1. The van der Waals surface area contributed by atoms with Crippen LogP contribution in [-0.2, 0) is 14.8 Å². The molecule has 0 spiro atoms. The van der Waals surface area contributed by atoms with Crippen LogP contribution in [0.4, 0.5) is 11.4 Å². The molecule has 0 saturated carbocycles. The van der Waals surface area contributed by atoms with Gasteiger partial charge in [-0.15, -0.1) is 0 Å². The number of nitrogens with zero attached hydrogens (tertiary/aromatic N) is 1. The van der Waals surface area contributed by atoms with Crippen molar-refractivity contribution in [3.8, 4) is 0 Å². The Morgan fingerprint density at radius 3 is 2.75 bits per heavy atom. The molecule has 1 aliphatic heterocycles. The molecule has 20 heavy (non-hydrogen) atoms. The third-order valence-corrected chi connectivity index (χ3v) is 4.98. The van der Waals surface area contributed by atoms with Crippen molar-refractivity contribution in [1.82, 2.24) is 0 Å². The molecule has 1 amide bonds. The lowest BCUT2D eigenvalue weighted by molar-refractivity contribution is -0.116. The topological polar surface area (TPSA) is 66.5 Å². The van der Waals surface area contributed by atoms with Gasteiger partial charge < -0.3 is 5.32 Å². The molecule has 1 heterocycles. The standard InChI is InChI=1S/C14H20N2O3S/c1-11(2)9-14(17)15-12-5-3-6-13(10-12)16-7-4-8-20(16,18)19/h3,5-6,10-11H,4,7-9H2,1-2H3,(H,15,17). The molecular weight excluding hydrogens is 276 g/mol. The molecule has 0 bridgehead atoms. The number of amides is 1. The second-order valence-corrected chi connectivity index (χ2v) is 7.45. The van der Waals surface area contributed by atoms with Gasteiger partial charge in [-0.05, 0) is 30.5 Å². The zero-order chi connectivity index (χ0) is 14.8. The average Bonchev–Trinajstić information content (AvgIpc) is 2.68. The van der Waals surface area contributed by atoms with E-state index in [0.29, 0.717) is 30.8 Å². The van der Waals surface area contributed by atoms with Crippen molar-refractivity contribution in [2.75, 3.05) is 21.9 Å². The Labute approximate surface area is 120 Å². The SMILES string of the molecule is CC(C)CC(=O)Nc1cccc(N2CCCS2(=O)=O)c1. The van der Waals surface area contributed by atoms with E-state index in [2.05, 4.69) is 5.32 Å². The zero-order valence-corrected chi connectivity index (χ0v) is 12.6. The molecule has 0 radical (unpaired) electrons. The molecule has 2 rings (SSSR count). The van der Waals surface area contributed by atoms with Crippen LogP contribution in [0.1, 0.15) is 26.7 Å². The fourth-order valence-corrected chi connectivity index (χ4v) is 3.81. The van der Waals surface area contributed by atoms with Crippen LogP contribution in [0.2, 0.25) is 0 Å². The summed E-state index contributed by atoms with van der Waals surface area (Å²) >= 11 is 0. The van der Waals surface area contributed by atoms with Gasteiger partial charge in [-0.3, -0.25) is 9.10 Å². The van der Waals surface area contributed by atoms with E-state index in [0.717, 1.165) is 0 Å². The maximum Gasteiger partial charge on any atom is 0.235 e. The summed E-state index contributed by atoms with van der Waals surface area (Å²) in [7, 11) is -3.18. The van der Waals surface area contributed by atoms with Crippen LogP contribution in [0.5, 0.6) is 0 Å². The lowest BCUT2D eigenvalue weighted by atomic mass is 10.1. The molecule has 1 N–H and O–H groups in total. The Balaban J connectivity index is 2.14. The number of nitrogens with one attached hydrogen (secondary N) is 1. The van der Waals surface area contributed by atoms with Crippen molar-refractivity contribution in [2.45, 2.75) is 26.7 Å². The van der Waals surface area contributed by atoms with Crippen molar-refractivity contribution in [2.24, 2.45) is 5.92 Å². The molecule has 1 aromatic carbocycles. The van der Waals surface area contributed by atoms with Gasteiger partial charge in [0.1, 0.15) is 0 Å². The van der Waals surface area contributed by atoms with Gasteiger partial charge in [-0.1, -0.05) is 19.9 Å². The molecule has 0 atom stereocenters. The van der Waals surface area contributed by atoms with Gasteiger partial charge in [0, 0.05) is 18.7 Å². The molecule has 1 fully saturated rings. The van der Waals surface area contributed by atoms with Crippen LogP contribution in [0.25, 0.3) is 0 Å². The predicted octanol–water partition coefficient (Wildman–Crippen LogP) is 2.21. The van der Waals surface area contributed by atoms with Gasteiger partial charge in [-0.25, -0.2) is 8.42 Å². The minimum absolute atomic E-state index is 0.0542. The van der Waals surface area contributed by atoms with E-state index in [9.17, 15) is 13.2 Å². The minimum Gasteiger partial charge on any atom is -0.326 e. The van der Waals surface area contributed by atoms with E-state index in [-0.39, 0.29) is 17.6 Å². The third kappa shape index (κ3) is 3.50. The Hall–Kier alpha value is -1.56.